The highest BCUT2D eigenvalue weighted by Crippen LogP contribution is 2.32. The zero-order valence-electron chi connectivity index (χ0n) is 18.8. The minimum Gasteiger partial charge on any atom is -0.475 e. The summed E-state index contributed by atoms with van der Waals surface area (Å²) < 4.78 is 31.7. The first-order valence-corrected chi connectivity index (χ1v) is 11.0. The fraction of sp³-hybridized carbons (Fsp3) is 0.333. The summed E-state index contributed by atoms with van der Waals surface area (Å²) in [6.07, 6.45) is -0.614. The number of aliphatic carboxylic acids is 1. The highest BCUT2D eigenvalue weighted by molar-refractivity contribution is 6.09. The first-order valence-electron chi connectivity index (χ1n) is 11.0. The molecule has 1 N–H and O–H groups in total. The van der Waals surface area contributed by atoms with Gasteiger partial charge in [0.2, 0.25) is 5.96 Å². The lowest BCUT2D eigenvalue weighted by atomic mass is 10.00. The molecule has 0 atom stereocenters. The predicted molar refractivity (Wildman–Crippen MR) is 121 cm³/mol. The van der Waals surface area contributed by atoms with Crippen molar-refractivity contribution < 1.29 is 27.9 Å². The second-order valence-electron chi connectivity index (χ2n) is 8.26. The highest BCUT2D eigenvalue weighted by Gasteiger charge is 2.41. The number of pyridine rings is 1. The van der Waals surface area contributed by atoms with E-state index < -0.39 is 12.1 Å². The number of aromatic nitrogens is 1. The van der Waals surface area contributed by atoms with Crippen LogP contribution < -0.4 is 0 Å². The number of halogens is 3. The van der Waals surface area contributed by atoms with Crippen molar-refractivity contribution in [2.45, 2.75) is 25.7 Å². The molecule has 184 valence electrons. The van der Waals surface area contributed by atoms with Gasteiger partial charge in [0.05, 0.1) is 18.7 Å². The molecule has 0 bridgehead atoms. The van der Waals surface area contributed by atoms with E-state index in [-0.39, 0.29) is 5.91 Å². The van der Waals surface area contributed by atoms with Crippen molar-refractivity contribution in [3.63, 3.8) is 0 Å². The van der Waals surface area contributed by atoms with Gasteiger partial charge in [-0.05, 0) is 17.2 Å². The number of rotatable bonds is 4. The van der Waals surface area contributed by atoms with Crippen molar-refractivity contribution in [2.24, 2.45) is 4.99 Å². The average Bonchev–Trinajstić information content (AvgIpc) is 3.33. The molecule has 3 aliphatic rings. The molecule has 0 spiro atoms. The number of guanidine groups is 1. The van der Waals surface area contributed by atoms with E-state index in [2.05, 4.69) is 44.0 Å². The summed E-state index contributed by atoms with van der Waals surface area (Å²) in [7, 11) is 0. The van der Waals surface area contributed by atoms with E-state index in [4.69, 9.17) is 9.90 Å². The van der Waals surface area contributed by atoms with Gasteiger partial charge in [-0.25, -0.2) is 4.79 Å². The van der Waals surface area contributed by atoms with Crippen LogP contribution in [0.1, 0.15) is 17.5 Å². The summed E-state index contributed by atoms with van der Waals surface area (Å²) in [5.41, 5.74) is 4.40. The van der Waals surface area contributed by atoms with Crippen molar-refractivity contribution in [2.75, 3.05) is 26.2 Å². The molecule has 11 heteroatoms. The second kappa shape index (κ2) is 10.3. The lowest BCUT2D eigenvalue weighted by Crippen LogP contribution is -2.53. The van der Waals surface area contributed by atoms with E-state index in [0.29, 0.717) is 13.1 Å². The number of carbonyl (C=O) groups excluding carboxylic acids is 1. The van der Waals surface area contributed by atoms with Crippen LogP contribution in [0.5, 0.6) is 0 Å². The van der Waals surface area contributed by atoms with Gasteiger partial charge < -0.3 is 10.0 Å². The van der Waals surface area contributed by atoms with Crippen molar-refractivity contribution >= 4 is 17.8 Å². The molecule has 0 saturated heterocycles. The Morgan fingerprint density at radius 3 is 2.40 bits per heavy atom. The number of aliphatic imine (C=N–C) groups is 1. The molecule has 0 fully saturated rings. The molecular weight excluding hydrogens is 463 g/mol. The zero-order valence-corrected chi connectivity index (χ0v) is 18.8. The number of hydrogen-bond donors (Lipinski definition) is 1. The van der Waals surface area contributed by atoms with Gasteiger partial charge in [-0.15, -0.1) is 0 Å². The third-order valence-corrected chi connectivity index (χ3v) is 5.84. The van der Waals surface area contributed by atoms with Gasteiger partial charge in [0, 0.05) is 50.7 Å². The van der Waals surface area contributed by atoms with Crippen molar-refractivity contribution in [3.8, 4) is 0 Å². The Labute approximate surface area is 200 Å². The molecule has 1 amide bonds. The smallest absolute Gasteiger partial charge is 0.475 e. The first kappa shape index (κ1) is 24.4. The molecule has 8 nitrogen and oxygen atoms in total. The molecule has 35 heavy (non-hydrogen) atoms. The van der Waals surface area contributed by atoms with Gasteiger partial charge in [-0.1, -0.05) is 36.4 Å². The van der Waals surface area contributed by atoms with Crippen LogP contribution >= 0.6 is 0 Å². The Hall–Kier alpha value is -3.73. The van der Waals surface area contributed by atoms with E-state index in [1.54, 1.807) is 6.20 Å². The summed E-state index contributed by atoms with van der Waals surface area (Å²) in [6, 6.07) is 14.4. The number of alkyl halides is 3. The van der Waals surface area contributed by atoms with Crippen LogP contribution in [0, 0.1) is 0 Å². The number of carboxylic acid groups (broad SMARTS) is 1. The molecule has 3 aliphatic heterocycles. The maximum Gasteiger partial charge on any atom is 0.490 e. The molecule has 2 aromatic rings. The first-order chi connectivity index (χ1) is 16.7. The molecule has 4 heterocycles. The second-order valence-corrected chi connectivity index (χ2v) is 8.26. The molecule has 0 saturated carbocycles. The summed E-state index contributed by atoms with van der Waals surface area (Å²) in [4.78, 5) is 37.6. The fourth-order valence-corrected chi connectivity index (χ4v) is 4.27. The van der Waals surface area contributed by atoms with Crippen molar-refractivity contribution in [1.82, 2.24) is 19.7 Å². The van der Waals surface area contributed by atoms with Crippen molar-refractivity contribution in [3.05, 3.63) is 77.3 Å². The van der Waals surface area contributed by atoms with Gasteiger partial charge in [0.25, 0.3) is 5.91 Å². The summed E-state index contributed by atoms with van der Waals surface area (Å²) >= 11 is 0. The largest absolute Gasteiger partial charge is 0.490 e. The van der Waals surface area contributed by atoms with Gasteiger partial charge >= 0.3 is 12.1 Å². The number of hydrogen-bond acceptors (Lipinski definition) is 6. The molecule has 1 aromatic carbocycles. The van der Waals surface area contributed by atoms with E-state index in [1.807, 2.05) is 29.3 Å². The number of fused-ring (bicyclic) bond motifs is 2. The fourth-order valence-electron chi connectivity index (χ4n) is 4.27. The van der Waals surface area contributed by atoms with Gasteiger partial charge in [-0.2, -0.15) is 13.2 Å². The summed E-state index contributed by atoms with van der Waals surface area (Å²) in [5.74, 6) is -1.86. The minimum absolute atomic E-state index is 0.0912. The topological polar surface area (TPSA) is 89.3 Å². The molecule has 0 unspecified atom stereocenters. The molecular formula is C24H24F3N5O3. The Kier molecular flexibility index (Phi) is 7.15. The highest BCUT2D eigenvalue weighted by atomic mass is 19.4. The Morgan fingerprint density at radius 1 is 1.03 bits per heavy atom. The molecule has 0 radical (unpaired) electrons. The zero-order chi connectivity index (χ0) is 25.0. The predicted octanol–water partition coefficient (Wildman–Crippen LogP) is 2.89. The third kappa shape index (κ3) is 5.68. The van der Waals surface area contributed by atoms with Crippen LogP contribution in [0.4, 0.5) is 13.2 Å². The number of carbonyl (C=O) groups is 2. The molecule has 1 aromatic heterocycles. The normalized spacial score (nSPS) is 17.9. The van der Waals surface area contributed by atoms with Crippen LogP contribution in [0.15, 0.2) is 71.1 Å². The van der Waals surface area contributed by atoms with Gasteiger partial charge in [-0.3, -0.25) is 24.6 Å². The van der Waals surface area contributed by atoms with Gasteiger partial charge in [0.1, 0.15) is 0 Å². The molecule has 0 aliphatic carbocycles. The SMILES string of the molecule is O=C(O)C(F)(F)F.O=C1C2=C(CCN(Cc3ccccc3)C2)N2CCN=C2N1Cc1cccnc1. The Morgan fingerprint density at radius 2 is 1.74 bits per heavy atom. The van der Waals surface area contributed by atoms with Crippen LogP contribution in [0.2, 0.25) is 0 Å². The summed E-state index contributed by atoms with van der Waals surface area (Å²) in [6.45, 7) is 4.65. The number of carboxylic acids is 1. The van der Waals surface area contributed by atoms with Crippen LogP contribution in [0.3, 0.4) is 0 Å². The van der Waals surface area contributed by atoms with E-state index >= 15 is 0 Å². The van der Waals surface area contributed by atoms with Crippen LogP contribution in [0.25, 0.3) is 0 Å². The maximum atomic E-state index is 13.4. The average molecular weight is 487 g/mol. The maximum absolute atomic E-state index is 13.4. The van der Waals surface area contributed by atoms with E-state index in [9.17, 15) is 18.0 Å². The summed E-state index contributed by atoms with van der Waals surface area (Å²) in [5, 5.41) is 7.12. The number of amides is 1. The van der Waals surface area contributed by atoms with E-state index in [1.165, 1.54) is 11.3 Å². The number of nitrogens with zero attached hydrogens (tertiary/aromatic N) is 5. The lowest BCUT2D eigenvalue weighted by Gasteiger charge is -2.42. The Balaban J connectivity index is 0.000000364. The Bertz CT molecular complexity index is 1140. The minimum atomic E-state index is -5.08. The third-order valence-electron chi connectivity index (χ3n) is 5.84. The number of benzene rings is 1. The van der Waals surface area contributed by atoms with Crippen molar-refractivity contribution in [1.29, 1.82) is 0 Å². The standard InChI is InChI=1S/C22H23N5O.C2HF3O2/c28-21-19-16-25(14-17-5-2-1-3-6-17)11-8-20(19)26-12-10-24-22(26)27(21)15-18-7-4-9-23-13-18;3-2(4,5)1(6)7/h1-7,9,13H,8,10-12,14-16H2;(H,6,7). The van der Waals surface area contributed by atoms with E-state index in [0.717, 1.165) is 49.7 Å². The van der Waals surface area contributed by atoms with Gasteiger partial charge in [0.15, 0.2) is 0 Å². The van der Waals surface area contributed by atoms with Crippen LogP contribution in [-0.2, 0) is 22.7 Å². The monoisotopic (exact) mass is 487 g/mol. The molecule has 5 rings (SSSR count). The lowest BCUT2D eigenvalue weighted by molar-refractivity contribution is -0.192. The van der Waals surface area contributed by atoms with Crippen LogP contribution in [-0.4, -0.2) is 75.0 Å². The quantitative estimate of drug-likeness (QED) is 0.714.